The highest BCUT2D eigenvalue weighted by molar-refractivity contribution is 6.36. The Morgan fingerprint density at radius 3 is 2.27 bits per heavy atom. The predicted molar refractivity (Wildman–Crippen MR) is 148 cm³/mol. The van der Waals surface area contributed by atoms with E-state index < -0.39 is 48.1 Å². The van der Waals surface area contributed by atoms with Crippen molar-refractivity contribution in [1.29, 1.82) is 0 Å². The summed E-state index contributed by atoms with van der Waals surface area (Å²) in [5.41, 5.74) is 1.63. The number of hydrogen-bond donors (Lipinski definition) is 2. The van der Waals surface area contributed by atoms with Crippen LogP contribution in [0.25, 0.3) is 0 Å². The molecule has 11 heteroatoms. The first-order valence-electron chi connectivity index (χ1n) is 12.5. The van der Waals surface area contributed by atoms with Crippen molar-refractivity contribution in [2.75, 3.05) is 13.1 Å². The van der Waals surface area contributed by atoms with Crippen molar-refractivity contribution in [3.05, 3.63) is 105 Å². The molecule has 0 bridgehead atoms. The Kier molecular flexibility index (Phi) is 9.07. The molecule has 3 aromatic rings. The zero-order valence-electron chi connectivity index (χ0n) is 21.4. The maximum absolute atomic E-state index is 13.9. The average molecular weight is 586 g/mol. The summed E-state index contributed by atoms with van der Waals surface area (Å²) in [5.74, 6) is -3.63. The summed E-state index contributed by atoms with van der Waals surface area (Å²) in [5, 5.41) is 12.7. The molecule has 0 aliphatic carbocycles. The molecular weight excluding hydrogens is 560 g/mol. The third-order valence-corrected chi connectivity index (χ3v) is 7.08. The van der Waals surface area contributed by atoms with Crippen LogP contribution in [0.4, 0.5) is 4.39 Å². The molecule has 1 fully saturated rings. The average Bonchev–Trinajstić information content (AvgIpc) is 2.91. The van der Waals surface area contributed by atoms with Crippen LogP contribution in [0.2, 0.25) is 10.0 Å². The number of carbonyl (C=O) groups excluding carboxylic acids is 3. The molecule has 2 unspecified atom stereocenters. The van der Waals surface area contributed by atoms with Gasteiger partial charge < -0.3 is 20.2 Å². The van der Waals surface area contributed by atoms with Crippen LogP contribution >= 0.6 is 23.2 Å². The minimum Gasteiger partial charge on any atom is -0.481 e. The van der Waals surface area contributed by atoms with Gasteiger partial charge in [-0.1, -0.05) is 53.0 Å². The molecule has 2 N–H and O–H groups in total. The van der Waals surface area contributed by atoms with Gasteiger partial charge in [0.25, 0.3) is 17.7 Å². The van der Waals surface area contributed by atoms with Crippen molar-refractivity contribution < 1.29 is 28.7 Å². The van der Waals surface area contributed by atoms with Crippen molar-refractivity contribution in [2.24, 2.45) is 0 Å². The first-order chi connectivity index (χ1) is 19.0. The molecule has 8 nitrogen and oxygen atoms in total. The molecule has 1 saturated heterocycles. The fourth-order valence-corrected chi connectivity index (χ4v) is 5.16. The Hall–Kier alpha value is -3.95. The van der Waals surface area contributed by atoms with Crippen molar-refractivity contribution >= 4 is 46.9 Å². The van der Waals surface area contributed by atoms with E-state index in [9.17, 15) is 28.7 Å². The summed E-state index contributed by atoms with van der Waals surface area (Å²) in [6.07, 6.45) is -1.51. The fourth-order valence-electron chi connectivity index (χ4n) is 4.67. The van der Waals surface area contributed by atoms with Gasteiger partial charge in [-0.3, -0.25) is 19.2 Å². The summed E-state index contributed by atoms with van der Waals surface area (Å²) in [6.45, 7) is 2.08. The zero-order chi connectivity index (χ0) is 29.0. The van der Waals surface area contributed by atoms with Crippen molar-refractivity contribution in [3.63, 3.8) is 0 Å². The molecule has 0 spiro atoms. The summed E-state index contributed by atoms with van der Waals surface area (Å²) in [6, 6.07) is 15.3. The summed E-state index contributed by atoms with van der Waals surface area (Å²) in [7, 11) is 0. The van der Waals surface area contributed by atoms with E-state index in [2.05, 4.69) is 5.32 Å². The number of hydrogen-bond acceptors (Lipinski definition) is 4. The quantitative estimate of drug-likeness (QED) is 0.402. The second-order valence-electron chi connectivity index (χ2n) is 9.43. The molecule has 0 saturated carbocycles. The number of carboxylic acid groups (broad SMARTS) is 1. The molecule has 208 valence electrons. The van der Waals surface area contributed by atoms with Gasteiger partial charge in [0, 0.05) is 23.7 Å². The minimum atomic E-state index is -1.44. The van der Waals surface area contributed by atoms with Crippen molar-refractivity contribution in [2.45, 2.75) is 32.0 Å². The van der Waals surface area contributed by atoms with Gasteiger partial charge in [-0.2, -0.15) is 0 Å². The Morgan fingerprint density at radius 1 is 0.975 bits per heavy atom. The van der Waals surface area contributed by atoms with Gasteiger partial charge >= 0.3 is 5.97 Å². The number of carboxylic acids is 1. The predicted octanol–water partition coefficient (Wildman–Crippen LogP) is 5.09. The third kappa shape index (κ3) is 6.60. The number of nitrogens with zero attached hydrogens (tertiary/aromatic N) is 2. The maximum Gasteiger partial charge on any atom is 0.305 e. The SMILES string of the molecule is Cc1cccc(C(CC(=O)O)NC(=O)C2N(C(=O)c3ccc(F)cc3)CCCN2C(=O)c2ccc(Cl)cc2Cl)c1. The lowest BCUT2D eigenvalue weighted by molar-refractivity contribution is -0.138. The monoisotopic (exact) mass is 585 g/mol. The van der Waals surface area contributed by atoms with Crippen LogP contribution in [0, 0.1) is 12.7 Å². The number of nitrogens with one attached hydrogen (secondary N) is 1. The van der Waals surface area contributed by atoms with Crippen LogP contribution in [-0.4, -0.2) is 57.9 Å². The minimum absolute atomic E-state index is 0.0714. The first kappa shape index (κ1) is 29.0. The molecule has 2 atom stereocenters. The van der Waals surface area contributed by atoms with Crippen LogP contribution < -0.4 is 5.32 Å². The number of benzene rings is 3. The summed E-state index contributed by atoms with van der Waals surface area (Å²) >= 11 is 12.3. The zero-order valence-corrected chi connectivity index (χ0v) is 23.0. The Morgan fingerprint density at radius 2 is 1.65 bits per heavy atom. The van der Waals surface area contributed by atoms with Gasteiger partial charge in [0.1, 0.15) is 5.82 Å². The van der Waals surface area contributed by atoms with E-state index >= 15 is 0 Å². The molecule has 0 aromatic heterocycles. The van der Waals surface area contributed by atoms with Gasteiger partial charge in [0.15, 0.2) is 6.17 Å². The lowest BCUT2D eigenvalue weighted by Crippen LogP contribution is -2.63. The normalized spacial score (nSPS) is 15.8. The molecule has 3 amide bonds. The highest BCUT2D eigenvalue weighted by Gasteiger charge is 2.42. The lowest BCUT2D eigenvalue weighted by atomic mass is 10.0. The Bertz CT molecular complexity index is 1450. The van der Waals surface area contributed by atoms with Crippen LogP contribution in [0.5, 0.6) is 0 Å². The van der Waals surface area contributed by atoms with Gasteiger partial charge in [-0.05, 0) is 61.4 Å². The number of aliphatic carboxylic acids is 1. The van der Waals surface area contributed by atoms with Crippen molar-refractivity contribution in [3.8, 4) is 0 Å². The van der Waals surface area contributed by atoms with Gasteiger partial charge in [0.05, 0.1) is 23.0 Å². The van der Waals surface area contributed by atoms with E-state index in [0.717, 1.165) is 17.7 Å². The number of carbonyl (C=O) groups is 4. The van der Waals surface area contributed by atoms with E-state index in [4.69, 9.17) is 23.2 Å². The van der Waals surface area contributed by atoms with Crippen LogP contribution in [0.1, 0.15) is 50.7 Å². The van der Waals surface area contributed by atoms with E-state index in [1.54, 1.807) is 18.2 Å². The third-order valence-electron chi connectivity index (χ3n) is 6.54. The molecular formula is C29H26Cl2FN3O5. The summed E-state index contributed by atoms with van der Waals surface area (Å²) in [4.78, 5) is 55.4. The van der Waals surface area contributed by atoms with Gasteiger partial charge in [0.2, 0.25) is 0 Å². The Labute approximate surface area is 240 Å². The largest absolute Gasteiger partial charge is 0.481 e. The van der Waals surface area contributed by atoms with Crippen molar-refractivity contribution in [1.82, 2.24) is 15.1 Å². The topological polar surface area (TPSA) is 107 Å². The molecule has 40 heavy (non-hydrogen) atoms. The number of amides is 3. The smallest absolute Gasteiger partial charge is 0.305 e. The molecule has 1 aliphatic rings. The van der Waals surface area contributed by atoms with Gasteiger partial charge in [-0.25, -0.2) is 4.39 Å². The van der Waals surface area contributed by atoms with E-state index in [0.29, 0.717) is 17.0 Å². The highest BCUT2D eigenvalue weighted by atomic mass is 35.5. The van der Waals surface area contributed by atoms with Crippen LogP contribution in [-0.2, 0) is 9.59 Å². The number of aryl methyl sites for hydroxylation is 1. The molecule has 1 aliphatic heterocycles. The van der Waals surface area contributed by atoms with Crippen LogP contribution in [0.3, 0.4) is 0 Å². The summed E-state index contributed by atoms with van der Waals surface area (Å²) < 4.78 is 13.5. The highest BCUT2D eigenvalue weighted by Crippen LogP contribution is 2.27. The van der Waals surface area contributed by atoms with Crippen LogP contribution in [0.15, 0.2) is 66.7 Å². The number of rotatable bonds is 7. The second-order valence-corrected chi connectivity index (χ2v) is 10.3. The molecule has 0 radical (unpaired) electrons. The van der Waals surface area contributed by atoms with E-state index in [-0.39, 0.29) is 29.2 Å². The molecule has 3 aromatic carbocycles. The molecule has 4 rings (SSSR count). The maximum atomic E-state index is 13.9. The lowest BCUT2D eigenvalue weighted by Gasteiger charge is -2.43. The van der Waals surface area contributed by atoms with E-state index in [1.165, 1.54) is 40.1 Å². The second kappa shape index (κ2) is 12.5. The molecule has 1 heterocycles. The first-order valence-corrected chi connectivity index (χ1v) is 13.2. The van der Waals surface area contributed by atoms with Gasteiger partial charge in [-0.15, -0.1) is 0 Å². The number of halogens is 3. The van der Waals surface area contributed by atoms with E-state index in [1.807, 2.05) is 13.0 Å². The fraction of sp³-hybridized carbons (Fsp3) is 0.241. The standard InChI is InChI=1S/C29H26Cl2FN3O5/c1-17-4-2-5-19(14-17)24(16-25(36)37)33-26(38)27-34(28(39)18-6-9-21(32)10-7-18)12-3-13-35(27)29(40)22-11-8-20(30)15-23(22)31/h2,4-11,14-15,24,27H,3,12-13,16H2,1H3,(H,33,38)(H,36,37). The Balaban J connectivity index is 1.74.